The van der Waals surface area contributed by atoms with Crippen LogP contribution in [0.3, 0.4) is 0 Å². The van der Waals surface area contributed by atoms with E-state index in [1.807, 2.05) is 31.2 Å². The SMILES string of the molecule is CCNc1ccccc1C(=O)NCC1CC1. The smallest absolute Gasteiger partial charge is 0.253 e. The van der Waals surface area contributed by atoms with Gasteiger partial charge in [-0.2, -0.15) is 0 Å². The van der Waals surface area contributed by atoms with Crippen LogP contribution in [0.15, 0.2) is 24.3 Å². The van der Waals surface area contributed by atoms with Crippen LogP contribution in [0.25, 0.3) is 0 Å². The molecule has 0 saturated heterocycles. The molecule has 1 aromatic carbocycles. The molecule has 0 radical (unpaired) electrons. The summed E-state index contributed by atoms with van der Waals surface area (Å²) in [6.07, 6.45) is 2.52. The Morgan fingerprint density at radius 1 is 1.38 bits per heavy atom. The van der Waals surface area contributed by atoms with E-state index >= 15 is 0 Å². The highest BCUT2D eigenvalue weighted by Gasteiger charge is 2.22. The lowest BCUT2D eigenvalue weighted by molar-refractivity contribution is 0.0952. The lowest BCUT2D eigenvalue weighted by Crippen LogP contribution is -2.26. The molecule has 2 rings (SSSR count). The Bertz CT molecular complexity index is 372. The van der Waals surface area contributed by atoms with Crippen LogP contribution < -0.4 is 10.6 Å². The Kier molecular flexibility index (Phi) is 3.44. The van der Waals surface area contributed by atoms with E-state index in [-0.39, 0.29) is 5.91 Å². The number of hydrogen-bond donors (Lipinski definition) is 2. The van der Waals surface area contributed by atoms with Gasteiger partial charge in [-0.1, -0.05) is 12.1 Å². The largest absolute Gasteiger partial charge is 0.385 e. The zero-order valence-electron chi connectivity index (χ0n) is 9.62. The Labute approximate surface area is 96.2 Å². The number of rotatable bonds is 5. The second kappa shape index (κ2) is 5.01. The van der Waals surface area contributed by atoms with Gasteiger partial charge < -0.3 is 10.6 Å². The molecule has 86 valence electrons. The van der Waals surface area contributed by atoms with Crippen molar-refractivity contribution in [1.29, 1.82) is 0 Å². The summed E-state index contributed by atoms with van der Waals surface area (Å²) in [6.45, 7) is 3.67. The third-order valence-electron chi connectivity index (χ3n) is 2.79. The first-order chi connectivity index (χ1) is 7.81. The van der Waals surface area contributed by atoms with Gasteiger partial charge in [-0.25, -0.2) is 0 Å². The van der Waals surface area contributed by atoms with Crippen LogP contribution in [0.2, 0.25) is 0 Å². The number of nitrogens with one attached hydrogen (secondary N) is 2. The van der Waals surface area contributed by atoms with E-state index < -0.39 is 0 Å². The number of anilines is 1. The molecule has 0 spiro atoms. The first-order valence-electron chi connectivity index (χ1n) is 5.92. The second-order valence-corrected chi connectivity index (χ2v) is 4.23. The van der Waals surface area contributed by atoms with Gasteiger partial charge in [0.05, 0.1) is 5.56 Å². The highest BCUT2D eigenvalue weighted by atomic mass is 16.1. The molecule has 0 heterocycles. The molecule has 1 aromatic rings. The Balaban J connectivity index is 2.01. The van der Waals surface area contributed by atoms with Crippen LogP contribution in [-0.2, 0) is 0 Å². The maximum atomic E-state index is 11.9. The molecule has 0 bridgehead atoms. The first kappa shape index (κ1) is 11.0. The number of carbonyl (C=O) groups is 1. The van der Waals surface area contributed by atoms with Crippen LogP contribution in [-0.4, -0.2) is 19.0 Å². The van der Waals surface area contributed by atoms with Crippen molar-refractivity contribution in [2.24, 2.45) is 5.92 Å². The van der Waals surface area contributed by atoms with Crippen molar-refractivity contribution in [3.05, 3.63) is 29.8 Å². The van der Waals surface area contributed by atoms with Gasteiger partial charge in [-0.15, -0.1) is 0 Å². The molecule has 1 saturated carbocycles. The van der Waals surface area contributed by atoms with E-state index in [0.29, 0.717) is 0 Å². The number of carbonyl (C=O) groups excluding carboxylic acids is 1. The van der Waals surface area contributed by atoms with Crippen molar-refractivity contribution in [1.82, 2.24) is 5.32 Å². The first-order valence-corrected chi connectivity index (χ1v) is 5.92. The summed E-state index contributed by atoms with van der Waals surface area (Å²) in [6, 6.07) is 7.64. The van der Waals surface area contributed by atoms with Gasteiger partial charge in [-0.3, -0.25) is 4.79 Å². The lowest BCUT2D eigenvalue weighted by atomic mass is 10.1. The van der Waals surface area contributed by atoms with Gasteiger partial charge in [-0.05, 0) is 37.8 Å². The number of amides is 1. The molecule has 1 amide bonds. The van der Waals surface area contributed by atoms with Crippen molar-refractivity contribution in [2.45, 2.75) is 19.8 Å². The fourth-order valence-corrected chi connectivity index (χ4v) is 1.68. The zero-order valence-corrected chi connectivity index (χ0v) is 9.62. The average molecular weight is 218 g/mol. The topological polar surface area (TPSA) is 41.1 Å². The summed E-state index contributed by atoms with van der Waals surface area (Å²) in [5, 5.41) is 6.18. The third-order valence-corrected chi connectivity index (χ3v) is 2.79. The molecule has 1 fully saturated rings. The van der Waals surface area contributed by atoms with Crippen LogP contribution in [0.5, 0.6) is 0 Å². The van der Waals surface area contributed by atoms with E-state index in [1.54, 1.807) is 0 Å². The molecule has 0 aliphatic heterocycles. The molecule has 16 heavy (non-hydrogen) atoms. The van der Waals surface area contributed by atoms with Crippen molar-refractivity contribution < 1.29 is 4.79 Å². The van der Waals surface area contributed by atoms with Crippen LogP contribution in [0.4, 0.5) is 5.69 Å². The molecular formula is C13H18N2O. The normalized spacial score (nSPS) is 14.6. The molecule has 3 nitrogen and oxygen atoms in total. The minimum atomic E-state index is 0.0310. The highest BCUT2D eigenvalue weighted by Crippen LogP contribution is 2.27. The Hall–Kier alpha value is -1.51. The average Bonchev–Trinajstić information content (AvgIpc) is 3.11. The highest BCUT2D eigenvalue weighted by molar-refractivity contribution is 5.99. The van der Waals surface area contributed by atoms with Gasteiger partial charge in [0, 0.05) is 18.8 Å². The van der Waals surface area contributed by atoms with E-state index in [4.69, 9.17) is 0 Å². The quantitative estimate of drug-likeness (QED) is 0.796. The maximum Gasteiger partial charge on any atom is 0.253 e. The van der Waals surface area contributed by atoms with Crippen molar-refractivity contribution in [3.8, 4) is 0 Å². The molecular weight excluding hydrogens is 200 g/mol. The molecule has 1 aliphatic carbocycles. The molecule has 3 heteroatoms. The van der Waals surface area contributed by atoms with E-state index in [0.717, 1.165) is 30.3 Å². The molecule has 0 unspecified atom stereocenters. The molecule has 0 atom stereocenters. The predicted molar refractivity (Wildman–Crippen MR) is 65.7 cm³/mol. The minimum Gasteiger partial charge on any atom is -0.385 e. The van der Waals surface area contributed by atoms with Crippen molar-refractivity contribution in [2.75, 3.05) is 18.4 Å². The van der Waals surface area contributed by atoms with Gasteiger partial charge in [0.25, 0.3) is 5.91 Å². The number of hydrogen-bond acceptors (Lipinski definition) is 2. The van der Waals surface area contributed by atoms with E-state index in [2.05, 4.69) is 10.6 Å². The van der Waals surface area contributed by atoms with Crippen LogP contribution in [0, 0.1) is 5.92 Å². The summed E-state index contributed by atoms with van der Waals surface area (Å²) in [5.74, 6) is 0.749. The Morgan fingerprint density at radius 3 is 2.81 bits per heavy atom. The molecule has 0 aromatic heterocycles. The minimum absolute atomic E-state index is 0.0310. The van der Waals surface area contributed by atoms with Crippen LogP contribution >= 0.6 is 0 Å². The van der Waals surface area contributed by atoms with Gasteiger partial charge >= 0.3 is 0 Å². The third kappa shape index (κ3) is 2.75. The van der Waals surface area contributed by atoms with E-state index in [1.165, 1.54) is 12.8 Å². The molecule has 1 aliphatic rings. The zero-order chi connectivity index (χ0) is 11.4. The molecule has 2 N–H and O–H groups in total. The summed E-state index contributed by atoms with van der Waals surface area (Å²) in [7, 11) is 0. The van der Waals surface area contributed by atoms with E-state index in [9.17, 15) is 4.79 Å². The standard InChI is InChI=1S/C13H18N2O/c1-2-14-12-6-4-3-5-11(12)13(16)15-9-10-7-8-10/h3-6,10,14H,2,7-9H2,1H3,(H,15,16). The monoisotopic (exact) mass is 218 g/mol. The fraction of sp³-hybridized carbons (Fsp3) is 0.462. The number of benzene rings is 1. The summed E-state index contributed by atoms with van der Waals surface area (Å²) >= 11 is 0. The maximum absolute atomic E-state index is 11.9. The van der Waals surface area contributed by atoms with Crippen molar-refractivity contribution >= 4 is 11.6 Å². The number of para-hydroxylation sites is 1. The summed E-state index contributed by atoms with van der Waals surface area (Å²) in [5.41, 5.74) is 1.66. The van der Waals surface area contributed by atoms with Gasteiger partial charge in [0.15, 0.2) is 0 Å². The van der Waals surface area contributed by atoms with Gasteiger partial charge in [0.2, 0.25) is 0 Å². The predicted octanol–water partition coefficient (Wildman–Crippen LogP) is 2.26. The summed E-state index contributed by atoms with van der Waals surface area (Å²) in [4.78, 5) is 11.9. The second-order valence-electron chi connectivity index (χ2n) is 4.23. The fourth-order valence-electron chi connectivity index (χ4n) is 1.68. The Morgan fingerprint density at radius 2 is 2.12 bits per heavy atom. The summed E-state index contributed by atoms with van der Waals surface area (Å²) < 4.78 is 0. The lowest BCUT2D eigenvalue weighted by Gasteiger charge is -2.10. The van der Waals surface area contributed by atoms with Crippen LogP contribution in [0.1, 0.15) is 30.1 Å². The van der Waals surface area contributed by atoms with Gasteiger partial charge in [0.1, 0.15) is 0 Å². The van der Waals surface area contributed by atoms with Crippen molar-refractivity contribution in [3.63, 3.8) is 0 Å².